The van der Waals surface area contributed by atoms with E-state index in [4.69, 9.17) is 14.4 Å². The molecule has 0 saturated carbocycles. The lowest BCUT2D eigenvalue weighted by Gasteiger charge is -2.10. The van der Waals surface area contributed by atoms with Crippen molar-refractivity contribution in [3.8, 4) is 0 Å². The first kappa shape index (κ1) is 12.1. The van der Waals surface area contributed by atoms with E-state index in [9.17, 15) is 4.57 Å². The van der Waals surface area contributed by atoms with Crippen LogP contribution in [-0.2, 0) is 13.8 Å². The maximum Gasteiger partial charge on any atom is 0.199 e. The summed E-state index contributed by atoms with van der Waals surface area (Å²) < 4.78 is 21.3. The van der Waals surface area contributed by atoms with E-state index in [0.717, 1.165) is 0 Å². The summed E-state index contributed by atoms with van der Waals surface area (Å²) in [5, 5.41) is 8.35. The molecule has 1 unspecified atom stereocenters. The summed E-state index contributed by atoms with van der Waals surface area (Å²) in [6, 6.07) is 0. The summed E-state index contributed by atoms with van der Waals surface area (Å²) in [5.74, 6) is 0. The van der Waals surface area contributed by atoms with E-state index in [1.807, 2.05) is 6.92 Å². The average Bonchev–Trinajstić information content (AvgIpc) is 2.04. The quantitative estimate of drug-likeness (QED) is 0.486. The lowest BCUT2D eigenvalue weighted by atomic mass is 10.7. The van der Waals surface area contributed by atoms with Crippen LogP contribution in [0.5, 0.6) is 0 Å². The van der Waals surface area contributed by atoms with Crippen molar-refractivity contribution < 1.29 is 18.9 Å². The van der Waals surface area contributed by atoms with Gasteiger partial charge in [0.05, 0.1) is 26.4 Å². The topological polar surface area (TPSA) is 55.8 Å². The summed E-state index contributed by atoms with van der Waals surface area (Å²) in [4.78, 5) is 0. The van der Waals surface area contributed by atoms with Crippen LogP contribution >= 0.6 is 7.37 Å². The van der Waals surface area contributed by atoms with Crippen LogP contribution in [0.4, 0.5) is 0 Å². The van der Waals surface area contributed by atoms with Gasteiger partial charge in [-0.05, 0) is 0 Å². The minimum Gasteiger partial charge on any atom is -0.394 e. The predicted molar refractivity (Wildman–Crippen MR) is 47.9 cm³/mol. The van der Waals surface area contributed by atoms with Gasteiger partial charge in [0.1, 0.15) is 0 Å². The minimum atomic E-state index is -2.36. The number of rotatable bonds is 7. The first-order valence-corrected chi connectivity index (χ1v) is 6.28. The summed E-state index contributed by atoms with van der Waals surface area (Å²) in [5.41, 5.74) is 0. The number of ether oxygens (including phenoxy) is 1. The van der Waals surface area contributed by atoms with Crippen molar-refractivity contribution in [2.75, 3.05) is 39.3 Å². The Morgan fingerprint density at radius 1 is 1.33 bits per heavy atom. The molecule has 0 aliphatic carbocycles. The molecule has 5 heteroatoms. The van der Waals surface area contributed by atoms with Gasteiger partial charge in [-0.2, -0.15) is 0 Å². The fourth-order valence-corrected chi connectivity index (χ4v) is 1.19. The molecule has 1 atom stereocenters. The summed E-state index contributed by atoms with van der Waals surface area (Å²) in [6.07, 6.45) is 0.549. The second-order valence-corrected chi connectivity index (χ2v) is 5.42. The zero-order chi connectivity index (χ0) is 9.45. The molecular formula is C7H17O4P. The third-order valence-corrected chi connectivity index (χ3v) is 3.28. The van der Waals surface area contributed by atoms with Gasteiger partial charge in [0.2, 0.25) is 0 Å². The molecule has 0 aliphatic heterocycles. The lowest BCUT2D eigenvalue weighted by molar-refractivity contribution is 0.0713. The molecule has 0 fully saturated rings. The Labute approximate surface area is 73.3 Å². The molecule has 12 heavy (non-hydrogen) atoms. The van der Waals surface area contributed by atoms with Gasteiger partial charge in [-0.25, -0.2) is 0 Å². The van der Waals surface area contributed by atoms with E-state index in [-0.39, 0.29) is 6.61 Å². The Morgan fingerprint density at radius 3 is 2.50 bits per heavy atom. The Morgan fingerprint density at radius 2 is 2.00 bits per heavy atom. The van der Waals surface area contributed by atoms with Gasteiger partial charge < -0.3 is 14.4 Å². The Balaban J connectivity index is 3.25. The number of aliphatic hydroxyl groups excluding tert-OH is 1. The highest BCUT2D eigenvalue weighted by molar-refractivity contribution is 7.58. The second kappa shape index (κ2) is 6.61. The monoisotopic (exact) mass is 196 g/mol. The molecule has 0 amide bonds. The highest BCUT2D eigenvalue weighted by Gasteiger charge is 2.11. The van der Waals surface area contributed by atoms with E-state index >= 15 is 0 Å². The largest absolute Gasteiger partial charge is 0.394 e. The summed E-state index contributed by atoms with van der Waals surface area (Å²) in [7, 11) is -2.36. The molecule has 0 aliphatic rings. The standard InChI is InChI=1S/C7H17O4P/c1-3-12(2,9)11-7-6-10-5-4-8/h8H,3-7H2,1-2H3. The van der Waals surface area contributed by atoms with E-state index in [0.29, 0.717) is 26.0 Å². The molecule has 0 radical (unpaired) electrons. The Bertz CT molecular complexity index is 148. The molecule has 0 saturated heterocycles. The summed E-state index contributed by atoms with van der Waals surface area (Å²) >= 11 is 0. The molecule has 1 N–H and O–H groups in total. The van der Waals surface area contributed by atoms with Crippen LogP contribution in [0, 0.1) is 0 Å². The highest BCUT2D eigenvalue weighted by Crippen LogP contribution is 2.41. The molecule has 0 spiro atoms. The number of aliphatic hydroxyl groups is 1. The van der Waals surface area contributed by atoms with Gasteiger partial charge in [0.15, 0.2) is 7.37 Å². The van der Waals surface area contributed by atoms with E-state index in [1.165, 1.54) is 0 Å². The van der Waals surface area contributed by atoms with E-state index in [2.05, 4.69) is 0 Å². The SMILES string of the molecule is CCP(C)(=O)OCCOCCO. The van der Waals surface area contributed by atoms with Crippen molar-refractivity contribution >= 4 is 7.37 Å². The summed E-state index contributed by atoms with van der Waals surface area (Å²) in [6.45, 7) is 4.48. The third-order valence-electron chi connectivity index (χ3n) is 1.40. The van der Waals surface area contributed by atoms with Crippen molar-refractivity contribution in [1.82, 2.24) is 0 Å². The van der Waals surface area contributed by atoms with Crippen LogP contribution in [0.3, 0.4) is 0 Å². The maximum atomic E-state index is 11.3. The van der Waals surface area contributed by atoms with Gasteiger partial charge in [-0.3, -0.25) is 4.57 Å². The molecule has 4 nitrogen and oxygen atoms in total. The van der Waals surface area contributed by atoms with Crippen LogP contribution in [0.15, 0.2) is 0 Å². The van der Waals surface area contributed by atoms with Crippen LogP contribution in [0.1, 0.15) is 6.92 Å². The van der Waals surface area contributed by atoms with E-state index < -0.39 is 7.37 Å². The molecule has 74 valence electrons. The van der Waals surface area contributed by atoms with Crippen LogP contribution in [-0.4, -0.2) is 44.4 Å². The second-order valence-electron chi connectivity index (χ2n) is 2.50. The molecule has 0 aromatic heterocycles. The molecule has 0 heterocycles. The minimum absolute atomic E-state index is 0.0115. The van der Waals surface area contributed by atoms with Crippen molar-refractivity contribution in [3.63, 3.8) is 0 Å². The first-order valence-electron chi connectivity index (χ1n) is 4.02. The zero-order valence-corrected chi connectivity index (χ0v) is 8.55. The van der Waals surface area contributed by atoms with Gasteiger partial charge >= 0.3 is 0 Å². The fraction of sp³-hybridized carbons (Fsp3) is 1.00. The Hall–Kier alpha value is 0.110. The van der Waals surface area contributed by atoms with Gasteiger partial charge in [-0.1, -0.05) is 6.92 Å². The highest BCUT2D eigenvalue weighted by atomic mass is 31.2. The third kappa shape index (κ3) is 6.80. The molecule has 0 aromatic rings. The van der Waals surface area contributed by atoms with Crippen molar-refractivity contribution in [2.24, 2.45) is 0 Å². The van der Waals surface area contributed by atoms with Gasteiger partial charge in [0.25, 0.3) is 0 Å². The van der Waals surface area contributed by atoms with Gasteiger partial charge in [-0.15, -0.1) is 0 Å². The van der Waals surface area contributed by atoms with Gasteiger partial charge in [0, 0.05) is 12.8 Å². The van der Waals surface area contributed by atoms with Crippen molar-refractivity contribution in [1.29, 1.82) is 0 Å². The lowest BCUT2D eigenvalue weighted by Crippen LogP contribution is -2.06. The smallest absolute Gasteiger partial charge is 0.199 e. The number of hydrogen-bond donors (Lipinski definition) is 1. The first-order chi connectivity index (χ1) is 5.62. The fourth-order valence-electron chi connectivity index (χ4n) is 0.547. The normalized spacial score (nSPS) is 15.9. The number of hydrogen-bond acceptors (Lipinski definition) is 4. The van der Waals surface area contributed by atoms with Crippen LogP contribution < -0.4 is 0 Å². The van der Waals surface area contributed by atoms with E-state index in [1.54, 1.807) is 6.66 Å². The van der Waals surface area contributed by atoms with Crippen molar-refractivity contribution in [2.45, 2.75) is 6.92 Å². The average molecular weight is 196 g/mol. The maximum absolute atomic E-state index is 11.3. The molecule has 0 rings (SSSR count). The molecule has 0 aromatic carbocycles. The molecule has 0 bridgehead atoms. The van der Waals surface area contributed by atoms with Crippen LogP contribution in [0.25, 0.3) is 0 Å². The van der Waals surface area contributed by atoms with Crippen LogP contribution in [0.2, 0.25) is 0 Å². The molecular weight excluding hydrogens is 179 g/mol. The Kier molecular flexibility index (Phi) is 6.67. The predicted octanol–water partition coefficient (Wildman–Crippen LogP) is 0.940. The zero-order valence-electron chi connectivity index (χ0n) is 7.65. The van der Waals surface area contributed by atoms with Crippen molar-refractivity contribution in [3.05, 3.63) is 0 Å².